The highest BCUT2D eigenvalue weighted by Crippen LogP contribution is 2.16. The first-order chi connectivity index (χ1) is 9.74. The molecule has 4 nitrogen and oxygen atoms in total. The van der Waals surface area contributed by atoms with Crippen molar-refractivity contribution >= 4 is 41.0 Å². The van der Waals surface area contributed by atoms with Crippen molar-refractivity contribution in [3.05, 3.63) is 45.2 Å². The summed E-state index contributed by atoms with van der Waals surface area (Å²) in [5.41, 5.74) is 2.11. The highest BCUT2D eigenvalue weighted by Gasteiger charge is 2.14. The summed E-state index contributed by atoms with van der Waals surface area (Å²) in [5.74, 6) is 0. The summed E-state index contributed by atoms with van der Waals surface area (Å²) >= 11 is 7.56. The number of aryl methyl sites for hydroxylation is 1. The average Bonchev–Trinajstić information content (AvgIpc) is 2.83. The molecular formula is C14H17Cl2N3OS. The summed E-state index contributed by atoms with van der Waals surface area (Å²) in [4.78, 5) is 5.70. The Balaban J connectivity index is 0.00000161. The monoisotopic (exact) mass is 345 g/mol. The van der Waals surface area contributed by atoms with Gasteiger partial charge in [-0.15, -0.1) is 23.7 Å². The van der Waals surface area contributed by atoms with Gasteiger partial charge in [0.25, 0.3) is 0 Å². The van der Waals surface area contributed by atoms with Gasteiger partial charge in [0.1, 0.15) is 0 Å². The molecule has 2 heterocycles. The van der Waals surface area contributed by atoms with E-state index in [9.17, 15) is 0 Å². The van der Waals surface area contributed by atoms with Crippen LogP contribution in [-0.4, -0.2) is 31.0 Å². The molecule has 0 saturated carbocycles. The number of hydrogen-bond acceptors (Lipinski definition) is 4. The number of thiazole rings is 1. The zero-order valence-corrected chi connectivity index (χ0v) is 14.0. The van der Waals surface area contributed by atoms with Crippen molar-refractivity contribution in [2.24, 2.45) is 4.99 Å². The van der Waals surface area contributed by atoms with Crippen molar-refractivity contribution in [2.45, 2.75) is 6.92 Å². The highest BCUT2D eigenvalue weighted by molar-refractivity contribution is 7.07. The molecule has 0 unspecified atom stereocenters. The first kappa shape index (κ1) is 16.4. The van der Waals surface area contributed by atoms with Gasteiger partial charge in [-0.1, -0.05) is 11.6 Å². The van der Waals surface area contributed by atoms with Crippen molar-refractivity contribution < 1.29 is 4.74 Å². The number of benzene rings is 1. The van der Waals surface area contributed by atoms with E-state index in [1.54, 1.807) is 11.3 Å². The molecule has 0 N–H and O–H groups in total. The fourth-order valence-electron chi connectivity index (χ4n) is 2.19. The molecular weight excluding hydrogens is 329 g/mol. The number of aromatic nitrogens is 1. The lowest BCUT2D eigenvalue weighted by atomic mass is 10.3. The van der Waals surface area contributed by atoms with Crippen LogP contribution in [0, 0.1) is 6.92 Å². The largest absolute Gasteiger partial charge is 0.378 e. The van der Waals surface area contributed by atoms with Crippen LogP contribution in [0.1, 0.15) is 5.69 Å². The van der Waals surface area contributed by atoms with Crippen LogP contribution >= 0.6 is 35.3 Å². The first-order valence-corrected chi connectivity index (χ1v) is 7.80. The van der Waals surface area contributed by atoms with Crippen LogP contribution in [-0.2, 0) is 4.74 Å². The Morgan fingerprint density at radius 2 is 1.86 bits per heavy atom. The van der Waals surface area contributed by atoms with Gasteiger partial charge in [-0.3, -0.25) is 0 Å². The molecule has 0 spiro atoms. The van der Waals surface area contributed by atoms with Gasteiger partial charge in [0.2, 0.25) is 4.80 Å². The van der Waals surface area contributed by atoms with Gasteiger partial charge in [-0.25, -0.2) is 9.67 Å². The van der Waals surface area contributed by atoms with Crippen molar-refractivity contribution in [2.75, 3.05) is 31.3 Å². The zero-order valence-electron chi connectivity index (χ0n) is 11.7. The van der Waals surface area contributed by atoms with E-state index in [0.717, 1.165) is 41.8 Å². The predicted octanol–water partition coefficient (Wildman–Crippen LogP) is 3.13. The number of halogens is 2. The molecule has 1 aromatic heterocycles. The molecule has 3 rings (SSSR count). The molecule has 7 heteroatoms. The summed E-state index contributed by atoms with van der Waals surface area (Å²) in [5, 5.41) is 5.14. The molecule has 1 saturated heterocycles. The van der Waals surface area contributed by atoms with Crippen LogP contribution < -0.4 is 9.81 Å². The molecule has 114 valence electrons. The smallest absolute Gasteiger partial charge is 0.209 e. The Bertz CT molecular complexity index is 645. The van der Waals surface area contributed by atoms with E-state index >= 15 is 0 Å². The highest BCUT2D eigenvalue weighted by atomic mass is 35.5. The number of rotatable bonds is 2. The molecule has 21 heavy (non-hydrogen) atoms. The van der Waals surface area contributed by atoms with Crippen LogP contribution in [0.15, 0.2) is 34.6 Å². The SMILES string of the molecule is Cc1csc(=Nc2ccc(Cl)cc2)n1N1CCOCC1.Cl. The maximum absolute atomic E-state index is 5.91. The standard InChI is InChI=1S/C14H16ClN3OS.ClH/c1-11-10-20-14(16-13-4-2-12(15)3-5-13)18(11)17-6-8-19-9-7-17;/h2-5,10H,6-9H2,1H3;1H. The van der Waals surface area contributed by atoms with E-state index in [1.165, 1.54) is 5.69 Å². The Kier molecular flexibility index (Phi) is 5.70. The minimum Gasteiger partial charge on any atom is -0.378 e. The normalized spacial score (nSPS) is 15.9. The van der Waals surface area contributed by atoms with Gasteiger partial charge in [0, 0.05) is 16.1 Å². The number of hydrogen-bond donors (Lipinski definition) is 0. The third-order valence-electron chi connectivity index (χ3n) is 3.17. The number of ether oxygens (including phenoxy) is 1. The maximum Gasteiger partial charge on any atom is 0.209 e. The summed E-state index contributed by atoms with van der Waals surface area (Å²) in [6, 6.07) is 7.59. The summed E-state index contributed by atoms with van der Waals surface area (Å²) in [6.45, 7) is 5.43. The number of morpholine rings is 1. The Morgan fingerprint density at radius 1 is 1.19 bits per heavy atom. The Hall–Kier alpha value is -1.01. The van der Waals surface area contributed by atoms with E-state index in [4.69, 9.17) is 21.3 Å². The molecule has 1 aliphatic heterocycles. The fraction of sp³-hybridized carbons (Fsp3) is 0.357. The Labute approximate surface area is 139 Å². The summed E-state index contributed by atoms with van der Waals surface area (Å²) in [7, 11) is 0. The van der Waals surface area contributed by atoms with Crippen LogP contribution in [0.5, 0.6) is 0 Å². The molecule has 2 aromatic rings. The predicted molar refractivity (Wildman–Crippen MR) is 89.7 cm³/mol. The van der Waals surface area contributed by atoms with Crippen LogP contribution in [0.2, 0.25) is 5.02 Å². The minimum atomic E-state index is 0. The van der Waals surface area contributed by atoms with Crippen LogP contribution in [0.25, 0.3) is 0 Å². The van der Waals surface area contributed by atoms with Crippen molar-refractivity contribution in [3.8, 4) is 0 Å². The lowest BCUT2D eigenvalue weighted by Crippen LogP contribution is -2.48. The van der Waals surface area contributed by atoms with Gasteiger partial charge in [-0.2, -0.15) is 0 Å². The molecule has 1 aliphatic rings. The van der Waals surface area contributed by atoms with Crippen molar-refractivity contribution in [1.29, 1.82) is 0 Å². The van der Waals surface area contributed by atoms with Crippen molar-refractivity contribution in [3.63, 3.8) is 0 Å². The van der Waals surface area contributed by atoms with Crippen LogP contribution in [0.3, 0.4) is 0 Å². The molecule has 0 radical (unpaired) electrons. The lowest BCUT2D eigenvalue weighted by molar-refractivity contribution is 0.110. The third-order valence-corrected chi connectivity index (χ3v) is 4.36. The summed E-state index contributed by atoms with van der Waals surface area (Å²) in [6.07, 6.45) is 0. The van der Waals surface area contributed by atoms with Gasteiger partial charge in [0.15, 0.2) is 0 Å². The van der Waals surface area contributed by atoms with Gasteiger partial charge in [0.05, 0.1) is 32.0 Å². The minimum absolute atomic E-state index is 0. The second kappa shape index (κ2) is 7.31. The zero-order chi connectivity index (χ0) is 13.9. The quantitative estimate of drug-likeness (QED) is 0.836. The van der Waals surface area contributed by atoms with Gasteiger partial charge < -0.3 is 9.75 Å². The molecule has 1 aromatic carbocycles. The van der Waals surface area contributed by atoms with E-state index in [1.807, 2.05) is 24.3 Å². The van der Waals surface area contributed by atoms with E-state index in [0.29, 0.717) is 0 Å². The van der Waals surface area contributed by atoms with E-state index in [-0.39, 0.29) is 12.4 Å². The van der Waals surface area contributed by atoms with Crippen LogP contribution in [0.4, 0.5) is 5.69 Å². The fourth-order valence-corrected chi connectivity index (χ4v) is 3.21. The summed E-state index contributed by atoms with van der Waals surface area (Å²) < 4.78 is 7.59. The second-order valence-electron chi connectivity index (χ2n) is 4.63. The van der Waals surface area contributed by atoms with E-state index < -0.39 is 0 Å². The first-order valence-electron chi connectivity index (χ1n) is 6.54. The molecule has 0 bridgehead atoms. The third kappa shape index (κ3) is 3.80. The molecule has 0 amide bonds. The maximum atomic E-state index is 5.91. The molecule has 1 fully saturated rings. The topological polar surface area (TPSA) is 29.8 Å². The second-order valence-corrected chi connectivity index (χ2v) is 5.90. The van der Waals surface area contributed by atoms with E-state index in [2.05, 4.69) is 22.0 Å². The van der Waals surface area contributed by atoms with Crippen molar-refractivity contribution in [1.82, 2.24) is 4.68 Å². The lowest BCUT2D eigenvalue weighted by Gasteiger charge is -2.30. The molecule has 0 atom stereocenters. The number of nitrogens with zero attached hydrogens (tertiary/aromatic N) is 3. The molecule has 0 aliphatic carbocycles. The van der Waals surface area contributed by atoms with Gasteiger partial charge >= 0.3 is 0 Å². The van der Waals surface area contributed by atoms with Gasteiger partial charge in [-0.05, 0) is 31.2 Å². The Morgan fingerprint density at radius 3 is 2.52 bits per heavy atom. The average molecular weight is 346 g/mol.